The van der Waals surface area contributed by atoms with Crippen molar-refractivity contribution in [2.24, 2.45) is 0 Å². The van der Waals surface area contributed by atoms with Gasteiger partial charge >= 0.3 is 5.97 Å². The van der Waals surface area contributed by atoms with Crippen LogP contribution in [0.5, 0.6) is 5.75 Å². The molecule has 0 unspecified atom stereocenters. The van der Waals surface area contributed by atoms with Gasteiger partial charge in [-0.05, 0) is 72.9 Å². The number of carbonyl (C=O) groups is 1. The molecule has 5 rings (SSSR count). The van der Waals surface area contributed by atoms with Gasteiger partial charge in [0, 0.05) is 24.6 Å². The third kappa shape index (κ3) is 5.58. The maximum absolute atomic E-state index is 11.5. The number of carboxylic acids is 1. The zero-order valence-electron chi connectivity index (χ0n) is 20.6. The molecule has 2 aromatic carbocycles. The van der Waals surface area contributed by atoms with Crippen LogP contribution in [0, 0.1) is 0 Å². The highest BCUT2D eigenvalue weighted by atomic mass is 35.5. The number of nitrogens with zero attached hydrogens (tertiary/aromatic N) is 2. The first kappa shape index (κ1) is 27.0. The summed E-state index contributed by atoms with van der Waals surface area (Å²) in [5, 5.41) is 14.1. The minimum absolute atomic E-state index is 0.103. The van der Waals surface area contributed by atoms with Gasteiger partial charge in [-0.25, -0.2) is 4.79 Å². The number of furan rings is 1. The average molecular weight is 584 g/mol. The van der Waals surface area contributed by atoms with E-state index in [4.69, 9.17) is 49.3 Å². The minimum Gasteiger partial charge on any atom is -0.490 e. The maximum atomic E-state index is 11.5. The van der Waals surface area contributed by atoms with Crippen LogP contribution < -0.4 is 15.0 Å². The van der Waals surface area contributed by atoms with Crippen LogP contribution in [0.15, 0.2) is 77.3 Å². The number of anilines is 1. The summed E-state index contributed by atoms with van der Waals surface area (Å²) in [5.74, 6) is 0.469. The monoisotopic (exact) mass is 583 g/mol. The number of nitrogens with one attached hydrogen (secondary N) is 1. The Labute approximate surface area is 240 Å². The summed E-state index contributed by atoms with van der Waals surface area (Å²) in [6.45, 7) is 0.802. The Morgan fingerprint density at radius 1 is 1.10 bits per heavy atom. The second-order valence-electron chi connectivity index (χ2n) is 8.65. The molecule has 1 saturated heterocycles. The highest BCUT2D eigenvalue weighted by molar-refractivity contribution is 7.80. The van der Waals surface area contributed by atoms with Gasteiger partial charge in [-0.2, -0.15) is 0 Å². The number of hydrogen-bond donors (Lipinski definition) is 2. The van der Waals surface area contributed by atoms with Crippen molar-refractivity contribution in [3.63, 3.8) is 0 Å². The van der Waals surface area contributed by atoms with Gasteiger partial charge in [0.1, 0.15) is 29.9 Å². The molecule has 0 radical (unpaired) electrons. The first-order chi connectivity index (χ1) is 18.9. The predicted octanol–water partition coefficient (Wildman–Crippen LogP) is 6.55. The molecular formula is C28H23Cl2N3O5S. The van der Waals surface area contributed by atoms with E-state index in [0.717, 1.165) is 11.4 Å². The van der Waals surface area contributed by atoms with Crippen LogP contribution in [-0.2, 0) is 4.74 Å². The Morgan fingerprint density at radius 2 is 1.95 bits per heavy atom. The third-order valence-corrected chi connectivity index (χ3v) is 7.17. The molecule has 2 aromatic heterocycles. The summed E-state index contributed by atoms with van der Waals surface area (Å²) >= 11 is 18.8. The van der Waals surface area contributed by atoms with E-state index in [-0.39, 0.29) is 11.6 Å². The molecule has 2 N–H and O–H groups in total. The molecule has 200 valence electrons. The van der Waals surface area contributed by atoms with E-state index in [0.29, 0.717) is 51.2 Å². The zero-order chi connectivity index (χ0) is 27.5. The molecule has 3 heterocycles. The van der Waals surface area contributed by atoms with Crippen molar-refractivity contribution in [1.82, 2.24) is 10.3 Å². The van der Waals surface area contributed by atoms with Gasteiger partial charge in [0.25, 0.3) is 0 Å². The number of aromatic nitrogens is 1. The summed E-state index contributed by atoms with van der Waals surface area (Å²) < 4.78 is 17.1. The van der Waals surface area contributed by atoms with Crippen LogP contribution in [-0.4, -0.2) is 41.5 Å². The van der Waals surface area contributed by atoms with E-state index in [1.807, 2.05) is 35.2 Å². The number of thiocarbonyl (C=S) groups is 1. The number of pyridine rings is 1. The van der Waals surface area contributed by atoms with Crippen LogP contribution in [0.1, 0.15) is 33.9 Å². The molecule has 0 aliphatic carbocycles. The Morgan fingerprint density at radius 3 is 2.67 bits per heavy atom. The van der Waals surface area contributed by atoms with Gasteiger partial charge in [0.2, 0.25) is 0 Å². The molecule has 0 amide bonds. The van der Waals surface area contributed by atoms with Crippen LogP contribution in [0.25, 0.3) is 11.3 Å². The fourth-order valence-corrected chi connectivity index (χ4v) is 5.20. The van der Waals surface area contributed by atoms with Crippen LogP contribution in [0.4, 0.5) is 5.69 Å². The van der Waals surface area contributed by atoms with Crippen molar-refractivity contribution >= 4 is 52.2 Å². The van der Waals surface area contributed by atoms with E-state index < -0.39 is 12.0 Å². The summed E-state index contributed by atoms with van der Waals surface area (Å²) in [5.41, 5.74) is 2.06. The minimum atomic E-state index is -1.06. The first-order valence-electron chi connectivity index (χ1n) is 11.9. The molecule has 4 aromatic rings. The SMILES string of the molecule is COCCOc1ccc(N2C(=S)N[C@H](c3ccccn3)[C@@H]2c2ccc(-c3cc(C(=O)O)ccc3Cl)o2)cc1Cl. The van der Waals surface area contributed by atoms with Crippen LogP contribution >= 0.6 is 35.4 Å². The largest absolute Gasteiger partial charge is 0.490 e. The molecule has 1 aliphatic rings. The van der Waals surface area contributed by atoms with Crippen molar-refractivity contribution < 1.29 is 23.8 Å². The standard InChI is InChI=1S/C28H23Cl2N3O5S/c1-36-12-13-37-23-8-6-17(15-20(23)30)33-26(25(32-28(33)39)21-4-2-3-11-31-21)24-10-9-22(38-24)18-14-16(27(34)35)5-7-19(18)29/h2-11,14-15,25-26H,12-13H2,1H3,(H,32,39)(H,34,35)/t25-,26+/m1/s1. The second kappa shape index (κ2) is 11.6. The first-order valence-corrected chi connectivity index (χ1v) is 13.1. The Balaban J connectivity index is 1.55. The molecule has 0 bridgehead atoms. The van der Waals surface area contributed by atoms with Crippen LogP contribution in [0.2, 0.25) is 10.0 Å². The normalized spacial score (nSPS) is 16.8. The number of halogens is 2. The summed E-state index contributed by atoms with van der Waals surface area (Å²) in [6.07, 6.45) is 1.72. The van der Waals surface area contributed by atoms with Crippen molar-refractivity contribution in [2.75, 3.05) is 25.2 Å². The van der Waals surface area contributed by atoms with E-state index in [9.17, 15) is 9.90 Å². The number of hydrogen-bond acceptors (Lipinski definition) is 6. The van der Waals surface area contributed by atoms with Crippen molar-refractivity contribution in [2.45, 2.75) is 12.1 Å². The Hall–Kier alpha value is -3.63. The highest BCUT2D eigenvalue weighted by Crippen LogP contribution is 2.44. The molecule has 2 atom stereocenters. The predicted molar refractivity (Wildman–Crippen MR) is 153 cm³/mol. The summed E-state index contributed by atoms with van der Waals surface area (Å²) in [6, 6.07) is 18.3. The summed E-state index contributed by atoms with van der Waals surface area (Å²) in [7, 11) is 1.60. The number of ether oxygens (including phenoxy) is 2. The van der Waals surface area contributed by atoms with Gasteiger partial charge < -0.3 is 29.2 Å². The Bertz CT molecular complexity index is 1510. The zero-order valence-corrected chi connectivity index (χ0v) is 23.0. The second-order valence-corrected chi connectivity index (χ2v) is 9.86. The smallest absolute Gasteiger partial charge is 0.335 e. The van der Waals surface area contributed by atoms with Crippen molar-refractivity contribution in [1.29, 1.82) is 0 Å². The number of rotatable bonds is 9. The van der Waals surface area contributed by atoms with E-state index >= 15 is 0 Å². The van der Waals surface area contributed by atoms with E-state index in [2.05, 4.69) is 10.3 Å². The lowest BCUT2D eigenvalue weighted by Crippen LogP contribution is -2.29. The van der Waals surface area contributed by atoms with Crippen LogP contribution in [0.3, 0.4) is 0 Å². The van der Waals surface area contributed by atoms with E-state index in [1.54, 1.807) is 31.5 Å². The lowest BCUT2D eigenvalue weighted by molar-refractivity contribution is 0.0697. The molecular weight excluding hydrogens is 561 g/mol. The third-order valence-electron chi connectivity index (χ3n) is 6.23. The molecule has 0 saturated carbocycles. The summed E-state index contributed by atoms with van der Waals surface area (Å²) in [4.78, 5) is 18.0. The van der Waals surface area contributed by atoms with E-state index in [1.165, 1.54) is 18.2 Å². The topological polar surface area (TPSA) is 97.1 Å². The van der Waals surface area contributed by atoms with Gasteiger partial charge in [0.15, 0.2) is 5.11 Å². The molecule has 1 fully saturated rings. The fraction of sp³-hybridized carbons (Fsp3) is 0.179. The average Bonchev–Trinajstić information content (AvgIpc) is 3.55. The van der Waals surface area contributed by atoms with Gasteiger partial charge in [-0.15, -0.1) is 0 Å². The molecule has 0 spiro atoms. The van der Waals surface area contributed by atoms with Crippen molar-refractivity contribution in [3.8, 4) is 17.1 Å². The number of methoxy groups -OCH3 is 1. The van der Waals surface area contributed by atoms with Crippen molar-refractivity contribution in [3.05, 3.63) is 100.0 Å². The molecule has 11 heteroatoms. The molecule has 1 aliphatic heterocycles. The van der Waals surface area contributed by atoms with Gasteiger partial charge in [0.05, 0.1) is 34.0 Å². The number of aromatic carboxylic acids is 1. The fourth-order valence-electron chi connectivity index (χ4n) is 4.42. The maximum Gasteiger partial charge on any atom is 0.335 e. The Kier molecular flexibility index (Phi) is 8.04. The quantitative estimate of drug-likeness (QED) is 0.168. The van der Waals surface area contributed by atoms with Gasteiger partial charge in [-0.3, -0.25) is 4.98 Å². The lowest BCUT2D eigenvalue weighted by Gasteiger charge is -2.26. The number of carboxylic acid groups (broad SMARTS) is 1. The molecule has 8 nitrogen and oxygen atoms in total. The number of benzene rings is 2. The highest BCUT2D eigenvalue weighted by Gasteiger charge is 2.42. The molecule has 39 heavy (non-hydrogen) atoms. The lowest BCUT2D eigenvalue weighted by atomic mass is 10.0. The van der Waals surface area contributed by atoms with Gasteiger partial charge in [-0.1, -0.05) is 29.3 Å².